The van der Waals surface area contributed by atoms with Crippen molar-refractivity contribution in [1.29, 1.82) is 0 Å². The van der Waals surface area contributed by atoms with E-state index < -0.39 is 0 Å². The molecule has 4 nitrogen and oxygen atoms in total. The number of fused-ring (bicyclic) bond motifs is 1. The number of amides is 1. The normalized spacial score (nSPS) is 17.5. The maximum atomic E-state index is 12.9. The number of thiophene rings is 1. The largest absolute Gasteiger partial charge is 0.328 e. The highest BCUT2D eigenvalue weighted by molar-refractivity contribution is 7.18. The van der Waals surface area contributed by atoms with Crippen molar-refractivity contribution in [2.24, 2.45) is 0 Å². The van der Waals surface area contributed by atoms with E-state index in [-0.39, 0.29) is 17.7 Å². The summed E-state index contributed by atoms with van der Waals surface area (Å²) in [4.78, 5) is 32.3. The summed E-state index contributed by atoms with van der Waals surface area (Å²) in [7, 11) is 0. The topological polar surface area (TPSA) is 50.3 Å². The number of benzene rings is 1. The first-order valence-corrected chi connectivity index (χ1v) is 9.54. The molecule has 1 aliphatic heterocycles. The third-order valence-corrected chi connectivity index (χ3v) is 6.58. The minimum atomic E-state index is 0.00296. The van der Waals surface area contributed by atoms with Gasteiger partial charge in [-0.1, -0.05) is 12.1 Å². The van der Waals surface area contributed by atoms with Crippen molar-refractivity contribution in [3.8, 4) is 0 Å². The van der Waals surface area contributed by atoms with E-state index in [2.05, 4.69) is 6.07 Å². The van der Waals surface area contributed by atoms with Crippen molar-refractivity contribution in [1.82, 2.24) is 9.88 Å². The van der Waals surface area contributed by atoms with Crippen molar-refractivity contribution in [3.05, 3.63) is 51.2 Å². The molecule has 6 heteroatoms. The zero-order chi connectivity index (χ0) is 16.7. The first kappa shape index (κ1) is 15.5. The molecule has 0 N–H and O–H groups in total. The first-order chi connectivity index (χ1) is 11.6. The Balaban J connectivity index is 1.64. The van der Waals surface area contributed by atoms with Gasteiger partial charge in [-0.2, -0.15) is 0 Å². The van der Waals surface area contributed by atoms with Crippen LogP contribution in [-0.4, -0.2) is 28.1 Å². The van der Waals surface area contributed by atoms with Gasteiger partial charge in [-0.3, -0.25) is 9.59 Å². The van der Waals surface area contributed by atoms with Crippen LogP contribution in [0.25, 0.3) is 10.2 Å². The molecule has 1 atom stereocenters. The predicted octanol–water partition coefficient (Wildman–Crippen LogP) is 4.54. The van der Waals surface area contributed by atoms with Crippen LogP contribution in [0.3, 0.4) is 0 Å². The maximum Gasteiger partial charge on any atom is 0.264 e. The van der Waals surface area contributed by atoms with Crippen LogP contribution >= 0.6 is 22.7 Å². The number of hydrogen-bond donors (Lipinski definition) is 0. The summed E-state index contributed by atoms with van der Waals surface area (Å²) in [5, 5.41) is 1.00. The molecule has 4 rings (SSSR count). The van der Waals surface area contributed by atoms with E-state index in [1.54, 1.807) is 23.5 Å². The van der Waals surface area contributed by atoms with Gasteiger partial charge in [0.15, 0.2) is 5.78 Å². The monoisotopic (exact) mass is 356 g/mol. The molecule has 3 heterocycles. The number of thiazole rings is 1. The van der Waals surface area contributed by atoms with Crippen LogP contribution in [0.4, 0.5) is 0 Å². The van der Waals surface area contributed by atoms with Crippen molar-refractivity contribution >= 4 is 44.6 Å². The molecule has 0 unspecified atom stereocenters. The highest BCUT2D eigenvalue weighted by atomic mass is 32.1. The van der Waals surface area contributed by atoms with Gasteiger partial charge in [0.1, 0.15) is 5.01 Å². The number of likely N-dealkylation sites (tertiary alicyclic amines) is 1. The number of aromatic nitrogens is 1. The fourth-order valence-corrected chi connectivity index (χ4v) is 5.06. The molecule has 1 amide bonds. The average Bonchev–Trinajstić information content (AvgIpc) is 3.30. The molecule has 1 fully saturated rings. The van der Waals surface area contributed by atoms with Crippen LogP contribution in [-0.2, 0) is 0 Å². The molecule has 122 valence electrons. The van der Waals surface area contributed by atoms with Crippen molar-refractivity contribution in [2.75, 3.05) is 6.54 Å². The number of Topliss-reactive ketones (excluding diaryl/α,β-unsaturated/α-hetero) is 1. The van der Waals surface area contributed by atoms with Crippen molar-refractivity contribution in [3.63, 3.8) is 0 Å². The van der Waals surface area contributed by atoms with E-state index in [1.807, 2.05) is 23.1 Å². The highest BCUT2D eigenvalue weighted by Crippen LogP contribution is 2.37. The lowest BCUT2D eigenvalue weighted by molar-refractivity contribution is 0.0740. The number of carbonyl (C=O) groups excluding carboxylic acids is 2. The molecular weight excluding hydrogens is 340 g/mol. The summed E-state index contributed by atoms with van der Waals surface area (Å²) < 4.78 is 1.15. The summed E-state index contributed by atoms with van der Waals surface area (Å²) in [6, 6.07) is 11.6. The van der Waals surface area contributed by atoms with E-state index in [4.69, 9.17) is 4.98 Å². The van der Waals surface area contributed by atoms with Crippen LogP contribution in [0.1, 0.15) is 50.2 Å². The summed E-state index contributed by atoms with van der Waals surface area (Å²) in [6.45, 7) is 2.27. The minimum absolute atomic E-state index is 0.00296. The summed E-state index contributed by atoms with van der Waals surface area (Å²) in [5.41, 5.74) is 0.992. The number of nitrogens with zero attached hydrogens (tertiary/aromatic N) is 2. The molecule has 0 aliphatic carbocycles. The molecule has 24 heavy (non-hydrogen) atoms. The third-order valence-electron chi connectivity index (χ3n) is 4.27. The number of para-hydroxylation sites is 1. The smallest absolute Gasteiger partial charge is 0.264 e. The second kappa shape index (κ2) is 6.11. The van der Waals surface area contributed by atoms with Gasteiger partial charge in [0.25, 0.3) is 5.91 Å². The Morgan fingerprint density at radius 3 is 2.67 bits per heavy atom. The lowest BCUT2D eigenvalue weighted by Gasteiger charge is -2.22. The van der Waals surface area contributed by atoms with Gasteiger partial charge in [-0.05, 0) is 44.0 Å². The Bertz CT molecular complexity index is 895. The zero-order valence-corrected chi connectivity index (χ0v) is 14.8. The van der Waals surface area contributed by atoms with Crippen LogP contribution < -0.4 is 0 Å². The maximum absolute atomic E-state index is 12.9. The van der Waals surface area contributed by atoms with E-state index >= 15 is 0 Å². The highest BCUT2D eigenvalue weighted by Gasteiger charge is 2.33. The van der Waals surface area contributed by atoms with Gasteiger partial charge in [0.05, 0.1) is 26.0 Å². The fraction of sp³-hybridized carbons (Fsp3) is 0.278. The molecule has 1 saturated heterocycles. The summed E-state index contributed by atoms with van der Waals surface area (Å²) in [5.74, 6) is 0.0115. The molecular formula is C18H16N2O2S2. The van der Waals surface area contributed by atoms with Gasteiger partial charge in [-0.25, -0.2) is 4.98 Å². The number of rotatable bonds is 3. The molecule has 1 aliphatic rings. The zero-order valence-electron chi connectivity index (χ0n) is 13.2. The Morgan fingerprint density at radius 1 is 1.12 bits per heavy atom. The lowest BCUT2D eigenvalue weighted by Crippen LogP contribution is -2.29. The van der Waals surface area contributed by atoms with E-state index in [0.29, 0.717) is 9.75 Å². The SMILES string of the molecule is CC(=O)c1ccc(C(=O)N2CCC[C@@H]2c2nc3ccccc3s2)s1. The van der Waals surface area contributed by atoms with E-state index in [1.165, 1.54) is 18.3 Å². The van der Waals surface area contributed by atoms with Crippen molar-refractivity contribution < 1.29 is 9.59 Å². The molecule has 1 aromatic carbocycles. The van der Waals surface area contributed by atoms with Crippen LogP contribution in [0, 0.1) is 0 Å². The Morgan fingerprint density at radius 2 is 1.92 bits per heavy atom. The summed E-state index contributed by atoms with van der Waals surface area (Å²) >= 11 is 2.95. The van der Waals surface area contributed by atoms with Crippen LogP contribution in [0.15, 0.2) is 36.4 Å². The quantitative estimate of drug-likeness (QED) is 0.648. The lowest BCUT2D eigenvalue weighted by atomic mass is 10.2. The Labute approximate surface area is 147 Å². The number of ketones is 1. The van der Waals surface area contributed by atoms with Gasteiger partial charge in [0, 0.05) is 6.54 Å². The standard InChI is InChI=1S/C18H16N2O2S2/c1-11(21)14-8-9-16(23-14)18(22)20-10-4-6-13(20)17-19-12-5-2-3-7-15(12)24-17/h2-3,5,7-9,13H,4,6,10H2,1H3/t13-/m1/s1. The molecule has 0 bridgehead atoms. The molecule has 2 aromatic heterocycles. The summed E-state index contributed by atoms with van der Waals surface area (Å²) in [6.07, 6.45) is 1.92. The number of hydrogen-bond acceptors (Lipinski definition) is 5. The first-order valence-electron chi connectivity index (χ1n) is 7.90. The van der Waals surface area contributed by atoms with E-state index in [9.17, 15) is 9.59 Å². The second-order valence-electron chi connectivity index (χ2n) is 5.90. The molecule has 0 saturated carbocycles. The van der Waals surface area contributed by atoms with Crippen molar-refractivity contribution in [2.45, 2.75) is 25.8 Å². The Hall–Kier alpha value is -2.05. The van der Waals surface area contributed by atoms with Gasteiger partial charge < -0.3 is 4.90 Å². The van der Waals surface area contributed by atoms with Gasteiger partial charge >= 0.3 is 0 Å². The van der Waals surface area contributed by atoms with E-state index in [0.717, 1.165) is 34.6 Å². The van der Waals surface area contributed by atoms with Gasteiger partial charge in [0.2, 0.25) is 0 Å². The molecule has 0 spiro atoms. The fourth-order valence-electron chi connectivity index (χ4n) is 3.08. The number of carbonyl (C=O) groups is 2. The predicted molar refractivity (Wildman–Crippen MR) is 97.0 cm³/mol. The van der Waals surface area contributed by atoms with Crippen LogP contribution in [0.2, 0.25) is 0 Å². The Kier molecular flexibility index (Phi) is 3.94. The third kappa shape index (κ3) is 2.65. The van der Waals surface area contributed by atoms with Gasteiger partial charge in [-0.15, -0.1) is 22.7 Å². The average molecular weight is 356 g/mol. The molecule has 0 radical (unpaired) electrons. The second-order valence-corrected chi connectivity index (χ2v) is 8.04. The minimum Gasteiger partial charge on any atom is -0.328 e. The molecule has 3 aromatic rings. The van der Waals surface area contributed by atoms with Crippen LogP contribution in [0.5, 0.6) is 0 Å².